The van der Waals surface area contributed by atoms with Crippen molar-refractivity contribution >= 4 is 29.9 Å². The molecular formula is C17H28IN3O2. The summed E-state index contributed by atoms with van der Waals surface area (Å²) >= 11 is 0. The van der Waals surface area contributed by atoms with Crippen molar-refractivity contribution in [3.8, 4) is 11.5 Å². The monoisotopic (exact) mass is 433 g/mol. The molecule has 2 rings (SSSR count). The Morgan fingerprint density at radius 1 is 1.39 bits per heavy atom. The van der Waals surface area contributed by atoms with Crippen LogP contribution < -0.4 is 20.1 Å². The topological polar surface area (TPSA) is 54.9 Å². The van der Waals surface area contributed by atoms with Gasteiger partial charge in [0.05, 0.1) is 13.7 Å². The second-order valence-electron chi connectivity index (χ2n) is 5.79. The molecule has 0 bridgehead atoms. The van der Waals surface area contributed by atoms with E-state index in [-0.39, 0.29) is 30.1 Å². The van der Waals surface area contributed by atoms with E-state index in [1.165, 1.54) is 6.42 Å². The lowest BCUT2D eigenvalue weighted by Crippen LogP contribution is -2.39. The zero-order chi connectivity index (χ0) is 15.9. The second kappa shape index (κ2) is 9.85. The van der Waals surface area contributed by atoms with Crippen molar-refractivity contribution in [3.05, 3.63) is 24.3 Å². The molecule has 1 fully saturated rings. The average Bonchev–Trinajstić information content (AvgIpc) is 3.20. The van der Waals surface area contributed by atoms with Gasteiger partial charge in [-0.1, -0.05) is 13.0 Å². The Kier molecular flexibility index (Phi) is 8.51. The first-order chi connectivity index (χ1) is 10.6. The summed E-state index contributed by atoms with van der Waals surface area (Å²) in [6, 6.07) is 8.20. The van der Waals surface area contributed by atoms with Crippen LogP contribution in [0.2, 0.25) is 0 Å². The highest BCUT2D eigenvalue weighted by molar-refractivity contribution is 14.0. The van der Waals surface area contributed by atoms with E-state index in [2.05, 4.69) is 29.5 Å². The van der Waals surface area contributed by atoms with Crippen LogP contribution in [0.5, 0.6) is 11.5 Å². The van der Waals surface area contributed by atoms with Crippen molar-refractivity contribution < 1.29 is 9.47 Å². The van der Waals surface area contributed by atoms with Crippen molar-refractivity contribution in [1.82, 2.24) is 10.6 Å². The molecule has 130 valence electrons. The summed E-state index contributed by atoms with van der Waals surface area (Å²) in [6.07, 6.45) is 1.22. The molecule has 0 radical (unpaired) electrons. The van der Waals surface area contributed by atoms with E-state index in [0.717, 1.165) is 29.9 Å². The number of methoxy groups -OCH3 is 1. The van der Waals surface area contributed by atoms with Crippen molar-refractivity contribution in [2.75, 3.05) is 20.2 Å². The standard InChI is InChI=1S/C17H27N3O2.HI/c1-5-18-17(20-16-9-12(16)2)19-11-13(3)22-15-8-6-7-14(10-15)21-4;/h6-8,10,12-13,16H,5,9,11H2,1-4H3,(H2,18,19,20);1H. The van der Waals surface area contributed by atoms with Crippen molar-refractivity contribution in [1.29, 1.82) is 0 Å². The molecule has 1 aromatic rings. The molecule has 2 N–H and O–H groups in total. The third-order valence-electron chi connectivity index (χ3n) is 3.66. The van der Waals surface area contributed by atoms with Gasteiger partial charge < -0.3 is 20.1 Å². The summed E-state index contributed by atoms with van der Waals surface area (Å²) in [6.45, 7) is 7.80. The number of ether oxygens (including phenoxy) is 2. The van der Waals surface area contributed by atoms with Crippen molar-refractivity contribution in [2.24, 2.45) is 10.9 Å². The molecule has 1 saturated carbocycles. The van der Waals surface area contributed by atoms with Gasteiger partial charge in [0.1, 0.15) is 17.6 Å². The molecule has 1 aliphatic rings. The number of hydrogen-bond acceptors (Lipinski definition) is 3. The van der Waals surface area contributed by atoms with Crippen LogP contribution in [0.1, 0.15) is 27.2 Å². The average molecular weight is 433 g/mol. The predicted octanol–water partition coefficient (Wildman–Crippen LogP) is 3.04. The van der Waals surface area contributed by atoms with Gasteiger partial charge in [0.15, 0.2) is 5.96 Å². The maximum Gasteiger partial charge on any atom is 0.191 e. The molecule has 23 heavy (non-hydrogen) atoms. The molecule has 3 atom stereocenters. The summed E-state index contributed by atoms with van der Waals surface area (Å²) < 4.78 is 11.1. The molecule has 0 spiro atoms. The Balaban J connectivity index is 0.00000264. The van der Waals surface area contributed by atoms with Gasteiger partial charge in [-0.15, -0.1) is 24.0 Å². The summed E-state index contributed by atoms with van der Waals surface area (Å²) in [4.78, 5) is 4.60. The van der Waals surface area contributed by atoms with E-state index in [1.54, 1.807) is 7.11 Å². The lowest BCUT2D eigenvalue weighted by atomic mass is 10.3. The first kappa shape index (κ1) is 19.9. The molecule has 1 aromatic carbocycles. The Bertz CT molecular complexity index is 510. The van der Waals surface area contributed by atoms with E-state index in [0.29, 0.717) is 12.6 Å². The van der Waals surface area contributed by atoms with Crippen LogP contribution in [0.15, 0.2) is 29.3 Å². The summed E-state index contributed by atoms with van der Waals surface area (Å²) in [5.41, 5.74) is 0. The molecular weight excluding hydrogens is 405 g/mol. The van der Waals surface area contributed by atoms with E-state index in [4.69, 9.17) is 9.47 Å². The number of halogens is 1. The van der Waals surface area contributed by atoms with Crippen LogP contribution in [0.3, 0.4) is 0 Å². The van der Waals surface area contributed by atoms with Gasteiger partial charge in [-0.2, -0.15) is 0 Å². The number of guanidine groups is 1. The number of aliphatic imine (C=N–C) groups is 1. The lowest BCUT2D eigenvalue weighted by molar-refractivity contribution is 0.229. The van der Waals surface area contributed by atoms with Crippen LogP contribution in [-0.4, -0.2) is 38.3 Å². The minimum Gasteiger partial charge on any atom is -0.497 e. The van der Waals surface area contributed by atoms with Gasteiger partial charge in [0, 0.05) is 18.7 Å². The van der Waals surface area contributed by atoms with Crippen LogP contribution in [0.25, 0.3) is 0 Å². The largest absolute Gasteiger partial charge is 0.497 e. The maximum absolute atomic E-state index is 5.88. The van der Waals surface area contributed by atoms with Crippen LogP contribution >= 0.6 is 24.0 Å². The van der Waals surface area contributed by atoms with Gasteiger partial charge >= 0.3 is 0 Å². The van der Waals surface area contributed by atoms with Crippen molar-refractivity contribution in [2.45, 2.75) is 39.3 Å². The highest BCUT2D eigenvalue weighted by atomic mass is 127. The number of nitrogens with zero attached hydrogens (tertiary/aromatic N) is 1. The normalized spacial score (nSPS) is 21.0. The van der Waals surface area contributed by atoms with E-state index < -0.39 is 0 Å². The summed E-state index contributed by atoms with van der Waals surface area (Å²) in [5.74, 6) is 3.22. The highest BCUT2D eigenvalue weighted by Crippen LogP contribution is 2.28. The smallest absolute Gasteiger partial charge is 0.191 e. The predicted molar refractivity (Wildman–Crippen MR) is 105 cm³/mol. The fourth-order valence-electron chi connectivity index (χ4n) is 2.18. The Hall–Kier alpha value is -1.18. The molecule has 5 nitrogen and oxygen atoms in total. The maximum atomic E-state index is 5.88. The Morgan fingerprint density at radius 3 is 2.70 bits per heavy atom. The zero-order valence-electron chi connectivity index (χ0n) is 14.3. The first-order valence-electron chi connectivity index (χ1n) is 7.98. The third-order valence-corrected chi connectivity index (χ3v) is 3.66. The van der Waals surface area contributed by atoms with Gasteiger partial charge in [-0.3, -0.25) is 0 Å². The molecule has 3 unspecified atom stereocenters. The van der Waals surface area contributed by atoms with Gasteiger partial charge in [-0.25, -0.2) is 4.99 Å². The van der Waals surface area contributed by atoms with E-state index in [9.17, 15) is 0 Å². The van der Waals surface area contributed by atoms with Gasteiger partial charge in [0.25, 0.3) is 0 Å². The lowest BCUT2D eigenvalue weighted by Gasteiger charge is -2.15. The molecule has 1 aliphatic carbocycles. The van der Waals surface area contributed by atoms with Crippen LogP contribution in [0, 0.1) is 5.92 Å². The third kappa shape index (κ3) is 6.85. The molecule has 0 aliphatic heterocycles. The minimum absolute atomic E-state index is 0. The molecule has 0 heterocycles. The molecule has 0 aromatic heterocycles. The Labute approximate surface area is 156 Å². The van der Waals surface area contributed by atoms with Crippen LogP contribution in [0.4, 0.5) is 0 Å². The number of rotatable bonds is 7. The molecule has 0 amide bonds. The van der Waals surface area contributed by atoms with Gasteiger partial charge in [0.2, 0.25) is 0 Å². The SMILES string of the molecule is CCNC(=NCC(C)Oc1cccc(OC)c1)NC1CC1C.I. The van der Waals surface area contributed by atoms with E-state index >= 15 is 0 Å². The number of nitrogens with one attached hydrogen (secondary N) is 2. The first-order valence-corrected chi connectivity index (χ1v) is 7.98. The van der Waals surface area contributed by atoms with Gasteiger partial charge in [-0.05, 0) is 38.3 Å². The van der Waals surface area contributed by atoms with Crippen LogP contribution in [-0.2, 0) is 0 Å². The minimum atomic E-state index is -0.000751. The summed E-state index contributed by atoms with van der Waals surface area (Å²) in [5, 5.41) is 6.72. The fraction of sp³-hybridized carbons (Fsp3) is 0.588. The summed E-state index contributed by atoms with van der Waals surface area (Å²) in [7, 11) is 1.65. The van der Waals surface area contributed by atoms with E-state index in [1.807, 2.05) is 31.2 Å². The zero-order valence-corrected chi connectivity index (χ0v) is 16.7. The molecule has 0 saturated heterocycles. The second-order valence-corrected chi connectivity index (χ2v) is 5.79. The highest BCUT2D eigenvalue weighted by Gasteiger charge is 2.33. The Morgan fingerprint density at radius 2 is 2.09 bits per heavy atom. The fourth-order valence-corrected chi connectivity index (χ4v) is 2.18. The number of hydrogen-bond donors (Lipinski definition) is 2. The molecule has 6 heteroatoms. The quantitative estimate of drug-likeness (QED) is 0.395. The number of benzene rings is 1. The van der Waals surface area contributed by atoms with Crippen molar-refractivity contribution in [3.63, 3.8) is 0 Å².